The zero-order chi connectivity index (χ0) is 20.0. The number of rotatable bonds is 3. The number of aromatic nitrogens is 2. The van der Waals surface area contributed by atoms with Gasteiger partial charge in [-0.15, -0.1) is 0 Å². The summed E-state index contributed by atoms with van der Waals surface area (Å²) in [6.45, 7) is 2.84. The number of nitrogens with zero attached hydrogens (tertiary/aromatic N) is 3. The lowest BCUT2D eigenvalue weighted by Gasteiger charge is -2.23. The molecule has 2 amide bonds. The van der Waals surface area contributed by atoms with Crippen LogP contribution in [0.15, 0.2) is 24.3 Å². The van der Waals surface area contributed by atoms with Crippen LogP contribution in [0, 0.1) is 0 Å². The minimum atomic E-state index is -0.131. The van der Waals surface area contributed by atoms with Crippen LogP contribution in [0.3, 0.4) is 0 Å². The average molecular weight is 393 g/mol. The van der Waals surface area contributed by atoms with Crippen LogP contribution in [0.1, 0.15) is 77.8 Å². The van der Waals surface area contributed by atoms with Crippen molar-refractivity contribution in [3.63, 3.8) is 0 Å². The fourth-order valence-electron chi connectivity index (χ4n) is 5.20. The van der Waals surface area contributed by atoms with E-state index in [2.05, 4.69) is 23.3 Å². The molecule has 0 spiro atoms. The van der Waals surface area contributed by atoms with Gasteiger partial charge in [-0.25, -0.2) is 4.98 Å². The van der Waals surface area contributed by atoms with Crippen molar-refractivity contribution in [2.75, 3.05) is 4.90 Å². The van der Waals surface area contributed by atoms with Crippen LogP contribution in [-0.4, -0.2) is 33.4 Å². The third-order valence-electron chi connectivity index (χ3n) is 6.64. The maximum absolute atomic E-state index is 13.6. The summed E-state index contributed by atoms with van der Waals surface area (Å²) in [7, 11) is 0. The lowest BCUT2D eigenvalue weighted by atomic mass is 10.1. The van der Waals surface area contributed by atoms with Crippen LogP contribution < -0.4 is 10.2 Å². The molecule has 5 rings (SSSR count). The van der Waals surface area contributed by atoms with Gasteiger partial charge in [0.05, 0.1) is 5.69 Å². The molecule has 1 aliphatic carbocycles. The molecule has 1 atom stereocenters. The van der Waals surface area contributed by atoms with E-state index >= 15 is 0 Å². The van der Waals surface area contributed by atoms with E-state index in [1.165, 1.54) is 18.4 Å². The first-order valence-corrected chi connectivity index (χ1v) is 10.9. The first-order chi connectivity index (χ1) is 14.1. The Morgan fingerprint density at radius 3 is 2.72 bits per heavy atom. The number of imidazole rings is 1. The highest BCUT2D eigenvalue weighted by Crippen LogP contribution is 2.34. The fourth-order valence-corrected chi connectivity index (χ4v) is 5.20. The van der Waals surface area contributed by atoms with Gasteiger partial charge in [-0.3, -0.25) is 9.59 Å². The molecule has 1 saturated carbocycles. The van der Waals surface area contributed by atoms with E-state index in [0.29, 0.717) is 11.5 Å². The number of hydrogen-bond donors (Lipinski definition) is 1. The topological polar surface area (TPSA) is 67.2 Å². The molecule has 3 heterocycles. The van der Waals surface area contributed by atoms with Gasteiger partial charge < -0.3 is 14.8 Å². The molecular formula is C23H28N4O2. The number of amides is 2. The highest BCUT2D eigenvalue weighted by atomic mass is 16.2. The van der Waals surface area contributed by atoms with E-state index in [-0.39, 0.29) is 23.9 Å². The van der Waals surface area contributed by atoms with Gasteiger partial charge in [0, 0.05) is 24.3 Å². The van der Waals surface area contributed by atoms with Gasteiger partial charge in [-0.2, -0.15) is 0 Å². The second-order valence-corrected chi connectivity index (χ2v) is 8.65. The Kier molecular flexibility index (Phi) is 4.64. The van der Waals surface area contributed by atoms with Gasteiger partial charge in [0.1, 0.15) is 0 Å². The van der Waals surface area contributed by atoms with Gasteiger partial charge in [-0.05, 0) is 57.1 Å². The summed E-state index contributed by atoms with van der Waals surface area (Å²) < 4.78 is 1.99. The van der Waals surface area contributed by atoms with Crippen molar-refractivity contribution >= 4 is 17.5 Å². The van der Waals surface area contributed by atoms with Crippen molar-refractivity contribution in [3.05, 3.63) is 47.0 Å². The molecule has 1 aromatic carbocycles. The molecule has 1 N–H and O–H groups in total. The number of carbonyl (C=O) groups excluding carboxylic acids is 2. The van der Waals surface area contributed by atoms with E-state index in [9.17, 15) is 9.59 Å². The van der Waals surface area contributed by atoms with Gasteiger partial charge in [0.25, 0.3) is 11.8 Å². The molecule has 29 heavy (non-hydrogen) atoms. The van der Waals surface area contributed by atoms with Crippen molar-refractivity contribution in [2.24, 2.45) is 0 Å². The maximum Gasteiger partial charge on any atom is 0.287 e. The van der Waals surface area contributed by atoms with E-state index < -0.39 is 0 Å². The van der Waals surface area contributed by atoms with Crippen LogP contribution in [0.2, 0.25) is 0 Å². The Hall–Kier alpha value is -2.63. The van der Waals surface area contributed by atoms with Crippen molar-refractivity contribution in [3.8, 4) is 0 Å². The quantitative estimate of drug-likeness (QED) is 0.870. The fraction of sp³-hybridized carbons (Fsp3) is 0.522. The third kappa shape index (κ3) is 3.15. The third-order valence-corrected chi connectivity index (χ3v) is 6.64. The number of nitrogens with one attached hydrogen (secondary N) is 1. The number of para-hydroxylation sites is 1. The van der Waals surface area contributed by atoms with Gasteiger partial charge in [0.15, 0.2) is 11.5 Å². The minimum Gasteiger partial charge on any atom is -0.347 e. The van der Waals surface area contributed by atoms with Crippen molar-refractivity contribution in [2.45, 2.75) is 76.9 Å². The van der Waals surface area contributed by atoms with Crippen LogP contribution in [-0.2, 0) is 19.4 Å². The number of fused-ring (bicyclic) bond motifs is 2. The lowest BCUT2D eigenvalue weighted by molar-refractivity contribution is 0.0921. The molecule has 0 saturated heterocycles. The molecule has 2 aromatic rings. The molecule has 3 aliphatic rings. The van der Waals surface area contributed by atoms with Crippen molar-refractivity contribution in [1.82, 2.24) is 14.9 Å². The number of carbonyl (C=O) groups is 2. The number of benzene rings is 1. The molecule has 1 unspecified atom stereocenters. The van der Waals surface area contributed by atoms with Gasteiger partial charge in [-0.1, -0.05) is 31.0 Å². The second kappa shape index (κ2) is 7.32. The summed E-state index contributed by atoms with van der Waals surface area (Å²) in [5.41, 5.74) is 3.55. The molecule has 152 valence electrons. The van der Waals surface area contributed by atoms with Crippen LogP contribution in [0.5, 0.6) is 0 Å². The van der Waals surface area contributed by atoms with Crippen molar-refractivity contribution < 1.29 is 9.59 Å². The van der Waals surface area contributed by atoms with Crippen molar-refractivity contribution in [1.29, 1.82) is 0 Å². The minimum absolute atomic E-state index is 0.0759. The van der Waals surface area contributed by atoms with E-state index in [1.54, 1.807) is 0 Å². The molecule has 2 aliphatic heterocycles. The maximum atomic E-state index is 13.6. The molecule has 6 nitrogen and oxygen atoms in total. The van der Waals surface area contributed by atoms with Gasteiger partial charge >= 0.3 is 0 Å². The van der Waals surface area contributed by atoms with E-state index in [1.807, 2.05) is 27.7 Å². The summed E-state index contributed by atoms with van der Waals surface area (Å²) >= 11 is 0. The normalized spacial score (nSPS) is 21.1. The molecule has 1 fully saturated rings. The summed E-state index contributed by atoms with van der Waals surface area (Å²) in [6.07, 6.45) is 8.11. The summed E-state index contributed by atoms with van der Waals surface area (Å²) in [5.74, 6) is 0.206. The zero-order valence-corrected chi connectivity index (χ0v) is 17.0. The summed E-state index contributed by atoms with van der Waals surface area (Å²) in [4.78, 5) is 33.1. The SMILES string of the molecule is CC1Cc2ccccc2N1C(=O)c1nc(C(=O)NC2CCCC2)n2c1CCCC2. The molecule has 0 radical (unpaired) electrons. The second-order valence-electron chi connectivity index (χ2n) is 8.65. The molecule has 1 aromatic heterocycles. The Morgan fingerprint density at radius 2 is 1.90 bits per heavy atom. The largest absolute Gasteiger partial charge is 0.347 e. The molecule has 0 bridgehead atoms. The number of anilines is 1. The predicted molar refractivity (Wildman–Crippen MR) is 111 cm³/mol. The highest BCUT2D eigenvalue weighted by molar-refractivity contribution is 6.08. The van der Waals surface area contributed by atoms with E-state index in [4.69, 9.17) is 0 Å². The Labute approximate surface area is 171 Å². The molecular weight excluding hydrogens is 364 g/mol. The lowest BCUT2D eigenvalue weighted by Crippen LogP contribution is -2.36. The first-order valence-electron chi connectivity index (χ1n) is 10.9. The monoisotopic (exact) mass is 392 g/mol. The van der Waals surface area contributed by atoms with Crippen LogP contribution in [0.25, 0.3) is 0 Å². The highest BCUT2D eigenvalue weighted by Gasteiger charge is 2.36. The Morgan fingerprint density at radius 1 is 1.10 bits per heavy atom. The van der Waals surface area contributed by atoms with Crippen LogP contribution >= 0.6 is 0 Å². The Bertz CT molecular complexity index is 958. The number of hydrogen-bond acceptors (Lipinski definition) is 3. The molecule has 6 heteroatoms. The van der Waals surface area contributed by atoms with E-state index in [0.717, 1.165) is 56.5 Å². The summed E-state index contributed by atoms with van der Waals surface area (Å²) in [6, 6.07) is 8.42. The average Bonchev–Trinajstić information content (AvgIpc) is 3.44. The Balaban J connectivity index is 1.49. The standard InChI is InChI=1S/C23H28N4O2/c1-15-14-16-8-2-5-11-18(16)27(15)23(29)20-19-12-6-7-13-26(19)21(25-20)22(28)24-17-9-3-4-10-17/h2,5,8,11,15,17H,3-4,6-7,9-10,12-14H2,1H3,(H,24,28). The van der Waals surface area contributed by atoms with Gasteiger partial charge in [0.2, 0.25) is 0 Å². The van der Waals surface area contributed by atoms with Crippen LogP contribution in [0.4, 0.5) is 5.69 Å². The predicted octanol–water partition coefficient (Wildman–Crippen LogP) is 3.48. The smallest absolute Gasteiger partial charge is 0.287 e. The summed E-state index contributed by atoms with van der Waals surface area (Å²) in [5, 5.41) is 3.14. The first kappa shape index (κ1) is 18.4. The zero-order valence-electron chi connectivity index (χ0n) is 17.0.